The lowest BCUT2D eigenvalue weighted by Gasteiger charge is -2.12. The molecule has 0 saturated heterocycles. The van der Waals surface area contributed by atoms with Crippen molar-refractivity contribution in [2.75, 3.05) is 25.6 Å². The number of methoxy groups -OCH3 is 1. The van der Waals surface area contributed by atoms with E-state index in [0.29, 0.717) is 12.2 Å². The molecule has 0 radical (unpaired) electrons. The van der Waals surface area contributed by atoms with Crippen LogP contribution in [-0.4, -0.2) is 26.2 Å². The molecule has 0 aliphatic rings. The molecule has 0 aromatic heterocycles. The first-order valence-electron chi connectivity index (χ1n) is 7.73. The number of para-hydroxylation sites is 1. The number of carbonyl (C=O) groups is 1. The first-order chi connectivity index (χ1) is 11.1. The molecule has 0 bridgehead atoms. The van der Waals surface area contributed by atoms with Gasteiger partial charge in [-0.15, -0.1) is 0 Å². The first kappa shape index (κ1) is 16.9. The minimum Gasteiger partial charge on any atom is -0.493 e. The molecule has 0 atom stereocenters. The van der Waals surface area contributed by atoms with Gasteiger partial charge in [-0.2, -0.15) is 0 Å². The van der Waals surface area contributed by atoms with E-state index < -0.39 is 0 Å². The number of esters is 1. The standard InChI is InChI=1S/C19H23NO3/c1-14-8-6-11-18(15(14)2)23-13-7-12-20-17-10-5-4-9-16(17)19(21)22-3/h4-6,8-11,20H,7,12-13H2,1-3H3. The third-order valence-corrected chi connectivity index (χ3v) is 3.78. The minimum absolute atomic E-state index is 0.334. The second-order valence-electron chi connectivity index (χ2n) is 5.36. The maximum Gasteiger partial charge on any atom is 0.339 e. The molecule has 1 N–H and O–H groups in total. The number of hydrogen-bond donors (Lipinski definition) is 1. The average Bonchev–Trinajstić information content (AvgIpc) is 2.58. The van der Waals surface area contributed by atoms with Crippen LogP contribution in [0.1, 0.15) is 27.9 Å². The van der Waals surface area contributed by atoms with Crippen molar-refractivity contribution in [3.05, 3.63) is 59.2 Å². The smallest absolute Gasteiger partial charge is 0.339 e. The summed E-state index contributed by atoms with van der Waals surface area (Å²) in [7, 11) is 1.39. The van der Waals surface area contributed by atoms with Gasteiger partial charge in [-0.3, -0.25) is 0 Å². The van der Waals surface area contributed by atoms with Crippen LogP contribution in [0.5, 0.6) is 5.75 Å². The van der Waals surface area contributed by atoms with Crippen molar-refractivity contribution in [1.29, 1.82) is 0 Å². The van der Waals surface area contributed by atoms with Gasteiger partial charge in [0.2, 0.25) is 0 Å². The Morgan fingerprint density at radius 1 is 1.09 bits per heavy atom. The van der Waals surface area contributed by atoms with Gasteiger partial charge in [0.15, 0.2) is 0 Å². The average molecular weight is 313 g/mol. The highest BCUT2D eigenvalue weighted by Crippen LogP contribution is 2.20. The highest BCUT2D eigenvalue weighted by atomic mass is 16.5. The van der Waals surface area contributed by atoms with Crippen LogP contribution in [0.2, 0.25) is 0 Å². The van der Waals surface area contributed by atoms with Crippen molar-refractivity contribution >= 4 is 11.7 Å². The molecule has 0 aliphatic carbocycles. The van der Waals surface area contributed by atoms with Crippen molar-refractivity contribution in [2.24, 2.45) is 0 Å². The molecule has 0 amide bonds. The van der Waals surface area contributed by atoms with Gasteiger partial charge in [-0.25, -0.2) is 4.79 Å². The number of rotatable bonds is 7. The molecule has 4 heteroatoms. The molecule has 2 aromatic carbocycles. The van der Waals surface area contributed by atoms with Crippen LogP contribution in [0.3, 0.4) is 0 Å². The Morgan fingerprint density at radius 2 is 1.87 bits per heavy atom. The number of anilines is 1. The SMILES string of the molecule is COC(=O)c1ccccc1NCCCOc1cccc(C)c1C. The van der Waals surface area contributed by atoms with Crippen molar-refractivity contribution in [1.82, 2.24) is 0 Å². The molecule has 4 nitrogen and oxygen atoms in total. The van der Waals surface area contributed by atoms with Crippen LogP contribution in [0, 0.1) is 13.8 Å². The summed E-state index contributed by atoms with van der Waals surface area (Å²) < 4.78 is 10.6. The van der Waals surface area contributed by atoms with Crippen LogP contribution < -0.4 is 10.1 Å². The maximum atomic E-state index is 11.7. The van der Waals surface area contributed by atoms with Gasteiger partial charge < -0.3 is 14.8 Å². The lowest BCUT2D eigenvalue weighted by Crippen LogP contribution is -2.11. The quantitative estimate of drug-likeness (QED) is 0.620. The Morgan fingerprint density at radius 3 is 2.65 bits per heavy atom. The van der Waals surface area contributed by atoms with Crippen LogP contribution >= 0.6 is 0 Å². The molecule has 0 heterocycles. The highest BCUT2D eigenvalue weighted by molar-refractivity contribution is 5.95. The van der Waals surface area contributed by atoms with E-state index in [1.54, 1.807) is 6.07 Å². The topological polar surface area (TPSA) is 47.6 Å². The summed E-state index contributed by atoms with van der Waals surface area (Å²) >= 11 is 0. The van der Waals surface area contributed by atoms with Crippen molar-refractivity contribution in [2.45, 2.75) is 20.3 Å². The summed E-state index contributed by atoms with van der Waals surface area (Å²) in [6.45, 7) is 5.49. The monoisotopic (exact) mass is 313 g/mol. The summed E-state index contributed by atoms with van der Waals surface area (Å²) in [6.07, 6.45) is 0.836. The van der Waals surface area contributed by atoms with Crippen LogP contribution in [0.15, 0.2) is 42.5 Å². The number of hydrogen-bond acceptors (Lipinski definition) is 4. The van der Waals surface area contributed by atoms with Crippen LogP contribution in [0.25, 0.3) is 0 Å². The zero-order valence-electron chi connectivity index (χ0n) is 13.9. The summed E-state index contributed by atoms with van der Waals surface area (Å²) in [5.41, 5.74) is 3.74. The second-order valence-corrected chi connectivity index (χ2v) is 5.36. The fourth-order valence-corrected chi connectivity index (χ4v) is 2.28. The summed E-state index contributed by atoms with van der Waals surface area (Å²) in [5.74, 6) is 0.597. The molecule has 2 aromatic rings. The van der Waals surface area contributed by atoms with Crippen LogP contribution in [-0.2, 0) is 4.74 Å². The van der Waals surface area contributed by atoms with E-state index in [4.69, 9.17) is 9.47 Å². The lowest BCUT2D eigenvalue weighted by molar-refractivity contribution is 0.0602. The summed E-state index contributed by atoms with van der Waals surface area (Å²) in [4.78, 5) is 11.7. The van der Waals surface area contributed by atoms with E-state index in [0.717, 1.165) is 24.4 Å². The van der Waals surface area contributed by atoms with Gasteiger partial charge in [0, 0.05) is 12.2 Å². The van der Waals surface area contributed by atoms with Crippen molar-refractivity contribution in [3.63, 3.8) is 0 Å². The molecule has 23 heavy (non-hydrogen) atoms. The van der Waals surface area contributed by atoms with Gasteiger partial charge in [-0.1, -0.05) is 24.3 Å². The summed E-state index contributed by atoms with van der Waals surface area (Å²) in [5, 5.41) is 3.26. The molecule has 0 fully saturated rings. The fraction of sp³-hybridized carbons (Fsp3) is 0.316. The molecule has 2 rings (SSSR count). The fourth-order valence-electron chi connectivity index (χ4n) is 2.28. The van der Waals surface area contributed by atoms with Crippen molar-refractivity contribution < 1.29 is 14.3 Å². The van der Waals surface area contributed by atoms with E-state index in [1.165, 1.54) is 18.2 Å². The Labute approximate surface area is 137 Å². The second kappa shape index (κ2) is 8.22. The Hall–Kier alpha value is -2.49. The largest absolute Gasteiger partial charge is 0.493 e. The van der Waals surface area contributed by atoms with Gasteiger partial charge in [0.05, 0.1) is 19.3 Å². The third-order valence-electron chi connectivity index (χ3n) is 3.78. The number of aryl methyl sites for hydroxylation is 1. The predicted octanol–water partition coefficient (Wildman–Crippen LogP) is 3.97. The Kier molecular flexibility index (Phi) is 6.03. The van der Waals surface area contributed by atoms with E-state index in [9.17, 15) is 4.79 Å². The van der Waals surface area contributed by atoms with Crippen molar-refractivity contribution in [3.8, 4) is 5.75 Å². The molecule has 0 spiro atoms. The van der Waals surface area contributed by atoms with Gasteiger partial charge >= 0.3 is 5.97 Å². The van der Waals surface area contributed by atoms with E-state index in [1.807, 2.05) is 30.3 Å². The van der Waals surface area contributed by atoms with E-state index in [2.05, 4.69) is 25.2 Å². The molecular weight excluding hydrogens is 290 g/mol. The highest BCUT2D eigenvalue weighted by Gasteiger charge is 2.10. The molecule has 122 valence electrons. The first-order valence-corrected chi connectivity index (χ1v) is 7.73. The lowest BCUT2D eigenvalue weighted by atomic mass is 10.1. The Bertz CT molecular complexity index is 667. The van der Waals surface area contributed by atoms with E-state index in [-0.39, 0.29) is 5.97 Å². The van der Waals surface area contributed by atoms with Gasteiger partial charge in [0.25, 0.3) is 0 Å². The maximum absolute atomic E-state index is 11.7. The predicted molar refractivity (Wildman–Crippen MR) is 92.3 cm³/mol. The zero-order valence-corrected chi connectivity index (χ0v) is 13.9. The van der Waals surface area contributed by atoms with Crippen LogP contribution in [0.4, 0.5) is 5.69 Å². The van der Waals surface area contributed by atoms with Gasteiger partial charge in [0.1, 0.15) is 5.75 Å². The minimum atomic E-state index is -0.334. The number of nitrogens with one attached hydrogen (secondary N) is 1. The molecule has 0 saturated carbocycles. The van der Waals surface area contributed by atoms with E-state index >= 15 is 0 Å². The molecule has 0 aliphatic heterocycles. The van der Waals surface area contributed by atoms with Gasteiger partial charge in [-0.05, 0) is 49.6 Å². The third kappa shape index (κ3) is 4.49. The number of ether oxygens (including phenoxy) is 2. The number of benzene rings is 2. The Balaban J connectivity index is 1.82. The molecular formula is C19H23NO3. The molecule has 0 unspecified atom stereocenters. The normalized spacial score (nSPS) is 10.2. The number of carbonyl (C=O) groups excluding carboxylic acids is 1. The summed E-state index contributed by atoms with van der Waals surface area (Å²) in [6, 6.07) is 13.4. The zero-order chi connectivity index (χ0) is 16.7.